The predicted molar refractivity (Wildman–Crippen MR) is 76.6 cm³/mol. The summed E-state index contributed by atoms with van der Waals surface area (Å²) >= 11 is 0. The number of benzene rings is 1. The van der Waals surface area contributed by atoms with Gasteiger partial charge in [0.2, 0.25) is 0 Å². The maximum atomic E-state index is 11.9. The lowest BCUT2D eigenvalue weighted by molar-refractivity contribution is -0.125. The van der Waals surface area contributed by atoms with Crippen molar-refractivity contribution in [1.29, 1.82) is 0 Å². The molecule has 1 heterocycles. The third kappa shape index (κ3) is 3.07. The number of hydrogen-bond acceptors (Lipinski definition) is 3. The fourth-order valence-electron chi connectivity index (χ4n) is 2.36. The Morgan fingerprint density at radius 2 is 2.11 bits per heavy atom. The topological polar surface area (TPSA) is 55.6 Å². The van der Waals surface area contributed by atoms with Crippen molar-refractivity contribution in [1.82, 2.24) is 0 Å². The largest absolute Gasteiger partial charge is 0.479 e. The van der Waals surface area contributed by atoms with Crippen LogP contribution in [-0.2, 0) is 11.2 Å². The Hall–Kier alpha value is -1.55. The molecule has 1 aliphatic heterocycles. The molecule has 2 rings (SSSR count). The zero-order valence-electron chi connectivity index (χ0n) is 11.7. The summed E-state index contributed by atoms with van der Waals surface area (Å²) in [4.78, 5) is 13.6. The number of hydrogen-bond donors (Lipinski definition) is 1. The molecular formula is C15H22N2O2. The minimum atomic E-state index is -0.395. The summed E-state index contributed by atoms with van der Waals surface area (Å²) in [5.41, 5.74) is 7.60. The smallest absolute Gasteiger partial charge is 0.267 e. The van der Waals surface area contributed by atoms with E-state index >= 15 is 0 Å². The second-order valence-corrected chi connectivity index (χ2v) is 5.06. The van der Waals surface area contributed by atoms with Gasteiger partial charge in [0.1, 0.15) is 5.75 Å². The monoisotopic (exact) mass is 262 g/mol. The van der Waals surface area contributed by atoms with E-state index in [0.29, 0.717) is 0 Å². The van der Waals surface area contributed by atoms with E-state index in [1.807, 2.05) is 6.07 Å². The molecule has 4 heteroatoms. The molecule has 1 aliphatic rings. The zero-order valence-corrected chi connectivity index (χ0v) is 11.7. The van der Waals surface area contributed by atoms with Crippen molar-refractivity contribution in [3.8, 4) is 5.75 Å². The molecule has 0 saturated carbocycles. The van der Waals surface area contributed by atoms with Crippen molar-refractivity contribution >= 4 is 11.6 Å². The van der Waals surface area contributed by atoms with Gasteiger partial charge in [-0.15, -0.1) is 0 Å². The van der Waals surface area contributed by atoms with Crippen LogP contribution < -0.4 is 15.4 Å². The van der Waals surface area contributed by atoms with E-state index in [4.69, 9.17) is 10.5 Å². The molecule has 4 nitrogen and oxygen atoms in total. The summed E-state index contributed by atoms with van der Waals surface area (Å²) in [5.74, 6) is 0.799. The fraction of sp³-hybridized carbons (Fsp3) is 0.533. The van der Waals surface area contributed by atoms with Crippen LogP contribution in [0, 0.1) is 0 Å². The third-order valence-electron chi connectivity index (χ3n) is 3.54. The SMILES string of the molecule is CC1Oc2ccc(CCCCCN)cc2N(C)C1=O. The second-order valence-electron chi connectivity index (χ2n) is 5.06. The lowest BCUT2D eigenvalue weighted by atomic mass is 10.0. The van der Waals surface area contributed by atoms with E-state index < -0.39 is 6.10 Å². The summed E-state index contributed by atoms with van der Waals surface area (Å²) in [6, 6.07) is 6.10. The van der Waals surface area contributed by atoms with E-state index in [-0.39, 0.29) is 5.91 Å². The van der Waals surface area contributed by atoms with Crippen molar-refractivity contribution in [2.24, 2.45) is 5.73 Å². The van der Waals surface area contributed by atoms with Gasteiger partial charge >= 0.3 is 0 Å². The summed E-state index contributed by atoms with van der Waals surface area (Å²) in [7, 11) is 1.80. The summed E-state index contributed by atoms with van der Waals surface area (Å²) in [6.07, 6.45) is 3.98. The Morgan fingerprint density at radius 3 is 2.84 bits per heavy atom. The lowest BCUT2D eigenvalue weighted by Gasteiger charge is -2.30. The normalized spacial score (nSPS) is 18.2. The molecular weight excluding hydrogens is 240 g/mol. The average molecular weight is 262 g/mol. The second kappa shape index (κ2) is 6.06. The van der Waals surface area contributed by atoms with Crippen molar-refractivity contribution in [2.75, 3.05) is 18.5 Å². The van der Waals surface area contributed by atoms with Gasteiger partial charge in [-0.05, 0) is 50.4 Å². The Balaban J connectivity index is 2.08. The standard InChI is InChI=1S/C15H22N2O2/c1-11-15(18)17(2)13-10-12(6-4-3-5-9-16)7-8-14(13)19-11/h7-8,10-11H,3-6,9,16H2,1-2H3. The minimum absolute atomic E-state index is 0.00721. The Labute approximate surface area is 114 Å². The van der Waals surface area contributed by atoms with Gasteiger partial charge in [-0.2, -0.15) is 0 Å². The van der Waals surface area contributed by atoms with Crippen LogP contribution in [0.3, 0.4) is 0 Å². The molecule has 0 aliphatic carbocycles. The number of amides is 1. The maximum Gasteiger partial charge on any atom is 0.267 e. The summed E-state index contributed by atoms with van der Waals surface area (Å²) in [5, 5.41) is 0. The van der Waals surface area contributed by atoms with Crippen LogP contribution >= 0.6 is 0 Å². The summed E-state index contributed by atoms with van der Waals surface area (Å²) in [6.45, 7) is 2.54. The number of aryl methyl sites for hydroxylation is 1. The maximum absolute atomic E-state index is 11.9. The molecule has 0 bridgehead atoms. The highest BCUT2D eigenvalue weighted by Crippen LogP contribution is 2.34. The molecule has 104 valence electrons. The van der Waals surface area contributed by atoms with Crippen molar-refractivity contribution in [3.63, 3.8) is 0 Å². The van der Waals surface area contributed by atoms with Crippen LogP contribution in [0.25, 0.3) is 0 Å². The highest BCUT2D eigenvalue weighted by molar-refractivity contribution is 5.99. The molecule has 1 aromatic carbocycles. The Kier molecular flexibility index (Phi) is 4.43. The Bertz CT molecular complexity index is 459. The molecule has 1 aromatic rings. The van der Waals surface area contributed by atoms with Crippen LogP contribution in [0.4, 0.5) is 5.69 Å². The summed E-state index contributed by atoms with van der Waals surface area (Å²) < 4.78 is 5.60. The van der Waals surface area contributed by atoms with E-state index in [1.54, 1.807) is 18.9 Å². The average Bonchev–Trinajstić information content (AvgIpc) is 2.42. The molecule has 1 atom stereocenters. The van der Waals surface area contributed by atoms with Crippen molar-refractivity contribution < 1.29 is 9.53 Å². The van der Waals surface area contributed by atoms with Gasteiger partial charge in [-0.25, -0.2) is 0 Å². The molecule has 1 unspecified atom stereocenters. The Morgan fingerprint density at radius 1 is 1.32 bits per heavy atom. The van der Waals surface area contributed by atoms with Crippen molar-refractivity contribution in [3.05, 3.63) is 23.8 Å². The number of nitrogens with zero attached hydrogens (tertiary/aromatic N) is 1. The molecule has 0 spiro atoms. The molecule has 19 heavy (non-hydrogen) atoms. The first-order chi connectivity index (χ1) is 9.13. The fourth-order valence-corrected chi connectivity index (χ4v) is 2.36. The van der Waals surface area contributed by atoms with E-state index in [2.05, 4.69) is 12.1 Å². The molecule has 0 aromatic heterocycles. The van der Waals surface area contributed by atoms with Gasteiger partial charge in [0.15, 0.2) is 6.10 Å². The lowest BCUT2D eigenvalue weighted by Crippen LogP contribution is -2.42. The van der Waals surface area contributed by atoms with E-state index in [1.165, 1.54) is 5.56 Å². The zero-order chi connectivity index (χ0) is 13.8. The molecule has 0 fully saturated rings. The van der Waals surface area contributed by atoms with Crippen LogP contribution in [0.1, 0.15) is 31.7 Å². The quantitative estimate of drug-likeness (QED) is 0.827. The molecule has 0 radical (unpaired) electrons. The highest BCUT2D eigenvalue weighted by atomic mass is 16.5. The number of ether oxygens (including phenoxy) is 1. The van der Waals surface area contributed by atoms with E-state index in [0.717, 1.165) is 43.7 Å². The van der Waals surface area contributed by atoms with Gasteiger partial charge in [-0.1, -0.05) is 12.5 Å². The number of carbonyl (C=O) groups excluding carboxylic acids is 1. The first-order valence-corrected chi connectivity index (χ1v) is 6.90. The van der Waals surface area contributed by atoms with Gasteiger partial charge in [0, 0.05) is 7.05 Å². The minimum Gasteiger partial charge on any atom is -0.479 e. The number of unbranched alkanes of at least 4 members (excludes halogenated alkanes) is 2. The van der Waals surface area contributed by atoms with Gasteiger partial charge in [0.25, 0.3) is 5.91 Å². The third-order valence-corrected chi connectivity index (χ3v) is 3.54. The number of likely N-dealkylation sites (N-methyl/N-ethyl adjacent to an activating group) is 1. The number of rotatable bonds is 5. The van der Waals surface area contributed by atoms with Crippen LogP contribution in [0.15, 0.2) is 18.2 Å². The molecule has 0 saturated heterocycles. The van der Waals surface area contributed by atoms with E-state index in [9.17, 15) is 4.79 Å². The van der Waals surface area contributed by atoms with Gasteiger partial charge < -0.3 is 15.4 Å². The highest BCUT2D eigenvalue weighted by Gasteiger charge is 2.28. The van der Waals surface area contributed by atoms with Gasteiger partial charge in [-0.3, -0.25) is 4.79 Å². The van der Waals surface area contributed by atoms with Crippen LogP contribution in [0.5, 0.6) is 5.75 Å². The van der Waals surface area contributed by atoms with Crippen LogP contribution in [-0.4, -0.2) is 25.6 Å². The molecule has 2 N–H and O–H groups in total. The molecule has 1 amide bonds. The van der Waals surface area contributed by atoms with Gasteiger partial charge in [0.05, 0.1) is 5.69 Å². The number of anilines is 1. The number of carbonyl (C=O) groups is 1. The number of nitrogens with two attached hydrogens (primary N) is 1. The first kappa shape index (κ1) is 13.9. The predicted octanol–water partition coefficient (Wildman–Crippen LogP) is 2.10. The number of fused-ring (bicyclic) bond motifs is 1. The van der Waals surface area contributed by atoms with Crippen molar-refractivity contribution in [2.45, 2.75) is 38.7 Å². The van der Waals surface area contributed by atoms with Crippen LogP contribution in [0.2, 0.25) is 0 Å². The first-order valence-electron chi connectivity index (χ1n) is 6.90.